The van der Waals surface area contributed by atoms with Crippen molar-refractivity contribution in [1.82, 2.24) is 14.8 Å². The van der Waals surface area contributed by atoms with Gasteiger partial charge in [-0.05, 0) is 18.6 Å². The van der Waals surface area contributed by atoms with Crippen molar-refractivity contribution >= 4 is 40.4 Å². The van der Waals surface area contributed by atoms with E-state index in [1.807, 2.05) is 9.95 Å². The minimum absolute atomic E-state index is 0.0468. The van der Waals surface area contributed by atoms with E-state index in [0.29, 0.717) is 11.7 Å². The Balaban J connectivity index is 1.73. The van der Waals surface area contributed by atoms with E-state index in [1.54, 1.807) is 29.5 Å². The number of rotatable bonds is 9. The largest absolute Gasteiger partial charge is 0.320 e. The fraction of sp³-hybridized carbons (Fsp3) is 0.211. The highest BCUT2D eigenvalue weighted by atomic mass is 32.2. The second-order valence-electron chi connectivity index (χ2n) is 5.97. The predicted molar refractivity (Wildman–Crippen MR) is 115 cm³/mol. The van der Waals surface area contributed by atoms with E-state index in [9.17, 15) is 14.9 Å². The van der Waals surface area contributed by atoms with Crippen LogP contribution in [-0.2, 0) is 17.8 Å². The molecule has 1 N–H and O–H groups in total. The molecule has 3 rings (SSSR count). The van der Waals surface area contributed by atoms with Crippen LogP contribution in [0.2, 0.25) is 0 Å². The van der Waals surface area contributed by atoms with Gasteiger partial charge in [0, 0.05) is 28.4 Å². The Bertz CT molecular complexity index is 1040. The van der Waals surface area contributed by atoms with Gasteiger partial charge >= 0.3 is 0 Å². The molecule has 8 nitrogen and oxygen atoms in total. The lowest BCUT2D eigenvalue weighted by Crippen LogP contribution is -2.15. The number of thiophene rings is 1. The number of nitrogens with one attached hydrogen (secondary N) is 1. The number of thioether (sulfide) groups is 1. The Morgan fingerprint density at radius 1 is 1.41 bits per heavy atom. The lowest BCUT2D eigenvalue weighted by Gasteiger charge is -2.08. The first kappa shape index (κ1) is 20.7. The summed E-state index contributed by atoms with van der Waals surface area (Å²) in [6.07, 6.45) is 2.70. The Morgan fingerprint density at radius 2 is 2.21 bits per heavy atom. The van der Waals surface area contributed by atoms with Gasteiger partial charge in [0.15, 0.2) is 11.0 Å². The molecule has 0 saturated heterocycles. The number of nitro groups is 1. The zero-order valence-corrected chi connectivity index (χ0v) is 17.3. The van der Waals surface area contributed by atoms with E-state index in [4.69, 9.17) is 0 Å². The summed E-state index contributed by atoms with van der Waals surface area (Å²) in [6, 6.07) is 8.12. The molecule has 150 valence electrons. The van der Waals surface area contributed by atoms with Gasteiger partial charge in [-0.1, -0.05) is 36.9 Å². The van der Waals surface area contributed by atoms with Crippen LogP contribution < -0.4 is 5.32 Å². The maximum absolute atomic E-state index is 12.3. The van der Waals surface area contributed by atoms with Crippen LogP contribution >= 0.6 is 23.1 Å². The van der Waals surface area contributed by atoms with Gasteiger partial charge in [-0.15, -0.1) is 28.1 Å². The number of nitro benzene ring substituents is 1. The molecule has 3 aromatic rings. The molecule has 1 amide bonds. The van der Waals surface area contributed by atoms with Gasteiger partial charge in [-0.2, -0.15) is 0 Å². The van der Waals surface area contributed by atoms with Crippen molar-refractivity contribution in [2.75, 3.05) is 11.1 Å². The molecular formula is C19H19N5O3S2. The number of carbonyl (C=O) groups excluding carboxylic acids is 1. The number of hydrogen-bond acceptors (Lipinski definition) is 7. The van der Waals surface area contributed by atoms with Gasteiger partial charge in [0.05, 0.1) is 10.7 Å². The molecule has 0 aliphatic rings. The van der Waals surface area contributed by atoms with Gasteiger partial charge in [0.1, 0.15) is 5.69 Å². The number of nitrogens with zero attached hydrogens (tertiary/aromatic N) is 4. The molecule has 0 aliphatic carbocycles. The molecule has 0 radical (unpaired) electrons. The molecule has 0 fully saturated rings. The van der Waals surface area contributed by atoms with Crippen LogP contribution in [0.4, 0.5) is 11.4 Å². The number of amides is 1. The van der Waals surface area contributed by atoms with E-state index in [-0.39, 0.29) is 23.0 Å². The summed E-state index contributed by atoms with van der Waals surface area (Å²) in [5, 5.41) is 24.8. The fourth-order valence-corrected chi connectivity index (χ4v) is 4.20. The molecule has 2 aromatic heterocycles. The average Bonchev–Trinajstić information content (AvgIpc) is 3.33. The molecule has 0 bridgehead atoms. The van der Waals surface area contributed by atoms with Gasteiger partial charge in [0.25, 0.3) is 5.69 Å². The molecule has 1 aromatic carbocycles. The van der Waals surface area contributed by atoms with E-state index >= 15 is 0 Å². The normalized spacial score (nSPS) is 10.7. The number of para-hydroxylation sites is 2. The van der Waals surface area contributed by atoms with Crippen molar-refractivity contribution in [2.45, 2.75) is 25.0 Å². The summed E-state index contributed by atoms with van der Waals surface area (Å²) in [5.41, 5.74) is 1.01. The maximum Gasteiger partial charge on any atom is 0.292 e. The number of allylic oxidation sites excluding steroid dienone is 1. The number of carbonyl (C=O) groups is 1. The predicted octanol–water partition coefficient (Wildman–Crippen LogP) is 4.39. The van der Waals surface area contributed by atoms with Crippen LogP contribution in [0.1, 0.15) is 11.8 Å². The second kappa shape index (κ2) is 9.48. The average molecular weight is 430 g/mol. The molecule has 0 unspecified atom stereocenters. The minimum Gasteiger partial charge on any atom is -0.320 e. The van der Waals surface area contributed by atoms with E-state index in [0.717, 1.165) is 17.8 Å². The highest BCUT2D eigenvalue weighted by Gasteiger charge is 2.18. The molecule has 29 heavy (non-hydrogen) atoms. The first-order chi connectivity index (χ1) is 14.0. The van der Waals surface area contributed by atoms with Crippen molar-refractivity contribution in [3.05, 3.63) is 63.4 Å². The van der Waals surface area contributed by atoms with Gasteiger partial charge in [-0.25, -0.2) is 0 Å². The van der Waals surface area contributed by atoms with Crippen molar-refractivity contribution < 1.29 is 9.72 Å². The van der Waals surface area contributed by atoms with E-state index in [2.05, 4.69) is 35.1 Å². The number of benzene rings is 1. The fourth-order valence-electron chi connectivity index (χ4n) is 2.64. The van der Waals surface area contributed by atoms with Crippen molar-refractivity contribution in [3.63, 3.8) is 0 Å². The highest BCUT2D eigenvalue weighted by Crippen LogP contribution is 2.29. The number of anilines is 1. The summed E-state index contributed by atoms with van der Waals surface area (Å²) in [4.78, 5) is 24.1. The van der Waals surface area contributed by atoms with Gasteiger partial charge < -0.3 is 5.32 Å². The summed E-state index contributed by atoms with van der Waals surface area (Å²) in [5.74, 6) is 0.413. The third-order valence-electron chi connectivity index (χ3n) is 4.00. The van der Waals surface area contributed by atoms with Gasteiger partial charge in [-0.3, -0.25) is 19.5 Å². The Hall–Kier alpha value is -2.98. The quantitative estimate of drug-likeness (QED) is 0.234. The number of hydrogen-bond donors (Lipinski definition) is 1. The number of aromatic nitrogens is 3. The Labute approximate surface area is 175 Å². The smallest absolute Gasteiger partial charge is 0.292 e. The van der Waals surface area contributed by atoms with Crippen molar-refractivity contribution in [2.24, 2.45) is 0 Å². The van der Waals surface area contributed by atoms with Crippen LogP contribution in [0.3, 0.4) is 0 Å². The van der Waals surface area contributed by atoms with E-state index < -0.39 is 4.92 Å². The second-order valence-corrected chi connectivity index (χ2v) is 7.91. The van der Waals surface area contributed by atoms with Crippen molar-refractivity contribution in [3.8, 4) is 11.4 Å². The topological polar surface area (TPSA) is 103 Å². The van der Waals surface area contributed by atoms with Crippen LogP contribution in [0, 0.1) is 10.1 Å². The zero-order valence-electron chi connectivity index (χ0n) is 15.7. The minimum atomic E-state index is -0.527. The Kier molecular flexibility index (Phi) is 6.78. The van der Waals surface area contributed by atoms with Crippen LogP contribution in [0.5, 0.6) is 0 Å². The van der Waals surface area contributed by atoms with Crippen LogP contribution in [0.25, 0.3) is 11.4 Å². The molecule has 2 heterocycles. The van der Waals surface area contributed by atoms with Crippen molar-refractivity contribution in [1.29, 1.82) is 0 Å². The van der Waals surface area contributed by atoms with Crippen LogP contribution in [-0.4, -0.2) is 31.3 Å². The first-order valence-electron chi connectivity index (χ1n) is 8.81. The standard InChI is InChI=1S/C19H19N5O3S2/c1-3-9-23-18(13-10-14(4-2)28-11-13)21-22-19(23)29-12-17(25)20-15-7-5-6-8-16(15)24(26)27/h3,5-8,10-11H,1,4,9,12H2,2H3,(H,20,25). The molecular weight excluding hydrogens is 410 g/mol. The molecule has 10 heteroatoms. The summed E-state index contributed by atoms with van der Waals surface area (Å²) < 4.78 is 1.90. The summed E-state index contributed by atoms with van der Waals surface area (Å²) in [6.45, 7) is 6.39. The summed E-state index contributed by atoms with van der Waals surface area (Å²) in [7, 11) is 0. The molecule has 0 aliphatic heterocycles. The number of aryl methyl sites for hydroxylation is 1. The lowest BCUT2D eigenvalue weighted by atomic mass is 10.2. The van der Waals surface area contributed by atoms with Gasteiger partial charge in [0.2, 0.25) is 5.91 Å². The molecule has 0 atom stereocenters. The highest BCUT2D eigenvalue weighted by molar-refractivity contribution is 7.99. The maximum atomic E-state index is 12.3. The SMILES string of the molecule is C=CCn1c(SCC(=O)Nc2ccccc2[N+](=O)[O-])nnc1-c1csc(CC)c1. The monoisotopic (exact) mass is 429 g/mol. The molecule has 0 saturated carbocycles. The molecule has 0 spiro atoms. The summed E-state index contributed by atoms with van der Waals surface area (Å²) >= 11 is 2.89. The third-order valence-corrected chi connectivity index (χ3v) is 6.04. The van der Waals surface area contributed by atoms with Crippen LogP contribution in [0.15, 0.2) is 53.5 Å². The first-order valence-corrected chi connectivity index (χ1v) is 10.7. The lowest BCUT2D eigenvalue weighted by molar-refractivity contribution is -0.383. The third kappa shape index (κ3) is 4.90. The van der Waals surface area contributed by atoms with E-state index in [1.165, 1.54) is 28.8 Å². The zero-order chi connectivity index (χ0) is 20.8. The Morgan fingerprint density at radius 3 is 2.90 bits per heavy atom.